The Bertz CT molecular complexity index is 1390. The molecule has 0 saturated carbocycles. The summed E-state index contributed by atoms with van der Waals surface area (Å²) >= 11 is 6.17. The smallest absolute Gasteiger partial charge is 0.324 e. The van der Waals surface area contributed by atoms with Crippen molar-refractivity contribution in [3.8, 4) is 22.9 Å². The Hall–Kier alpha value is -3.87. The molecule has 0 radical (unpaired) electrons. The normalized spacial score (nSPS) is 12.0. The SMILES string of the molecule is Cc1cnc(Cl)c(-c2nc(Nc3ccnc(C(F)(F)F)c3)nc(-c3cccc(C(F)(F)F)n3)n2)c1. The summed E-state index contributed by atoms with van der Waals surface area (Å²) in [7, 11) is 0. The lowest BCUT2D eigenvalue weighted by Crippen LogP contribution is -2.10. The van der Waals surface area contributed by atoms with Crippen LogP contribution >= 0.6 is 11.6 Å². The van der Waals surface area contributed by atoms with E-state index in [-0.39, 0.29) is 39.7 Å². The number of halogens is 7. The quantitative estimate of drug-likeness (QED) is 0.260. The molecule has 180 valence electrons. The van der Waals surface area contributed by atoms with Crippen molar-refractivity contribution in [2.45, 2.75) is 19.3 Å². The predicted octanol–water partition coefficient (Wildman–Crippen LogP) is 6.13. The standard InChI is InChI=1S/C21H12ClF6N7/c1-10-7-12(16(22)30-9-10)17-33-18(13-3-2-4-14(32-13)20(23,24)25)35-19(34-17)31-11-5-6-29-15(8-11)21(26,27)28/h2-9H,1H3,(H,29,31,33,34,35). The first kappa shape index (κ1) is 24.3. The minimum Gasteiger partial charge on any atom is -0.324 e. The lowest BCUT2D eigenvalue weighted by molar-refractivity contribution is -0.141. The molecular formula is C21H12ClF6N7. The van der Waals surface area contributed by atoms with Gasteiger partial charge in [0.2, 0.25) is 5.95 Å². The third-order valence-electron chi connectivity index (χ3n) is 4.43. The maximum absolute atomic E-state index is 13.2. The fraction of sp³-hybridized carbons (Fsp3) is 0.143. The lowest BCUT2D eigenvalue weighted by atomic mass is 10.2. The van der Waals surface area contributed by atoms with Gasteiger partial charge in [0, 0.05) is 18.1 Å². The number of nitrogens with one attached hydrogen (secondary N) is 1. The second-order valence-electron chi connectivity index (χ2n) is 7.12. The maximum Gasteiger partial charge on any atom is 0.433 e. The van der Waals surface area contributed by atoms with E-state index in [0.29, 0.717) is 5.56 Å². The zero-order valence-corrected chi connectivity index (χ0v) is 18.2. The predicted molar refractivity (Wildman–Crippen MR) is 114 cm³/mol. The van der Waals surface area contributed by atoms with Crippen molar-refractivity contribution in [1.29, 1.82) is 0 Å². The third kappa shape index (κ3) is 5.62. The Morgan fingerprint density at radius 2 is 1.51 bits per heavy atom. The molecular weight excluding hydrogens is 500 g/mol. The topological polar surface area (TPSA) is 89.4 Å². The Labute approximate surface area is 198 Å². The van der Waals surface area contributed by atoms with Gasteiger partial charge in [-0.15, -0.1) is 0 Å². The molecule has 0 fully saturated rings. The van der Waals surface area contributed by atoms with Crippen LogP contribution in [0.2, 0.25) is 5.15 Å². The average Bonchev–Trinajstić information content (AvgIpc) is 2.79. The van der Waals surface area contributed by atoms with Crippen LogP contribution in [-0.2, 0) is 12.4 Å². The van der Waals surface area contributed by atoms with Gasteiger partial charge in [-0.2, -0.15) is 36.3 Å². The van der Waals surface area contributed by atoms with Gasteiger partial charge in [0.05, 0.1) is 5.56 Å². The van der Waals surface area contributed by atoms with E-state index in [4.69, 9.17) is 11.6 Å². The van der Waals surface area contributed by atoms with Crippen molar-refractivity contribution in [1.82, 2.24) is 29.9 Å². The number of pyridine rings is 3. The number of nitrogens with zero attached hydrogens (tertiary/aromatic N) is 6. The van der Waals surface area contributed by atoms with Crippen LogP contribution in [0.25, 0.3) is 22.9 Å². The Kier molecular flexibility index (Phi) is 6.28. The minimum absolute atomic E-state index is 0.000954. The number of anilines is 2. The molecule has 0 atom stereocenters. The summed E-state index contributed by atoms with van der Waals surface area (Å²) in [5, 5.41) is 2.60. The van der Waals surface area contributed by atoms with E-state index in [2.05, 4.69) is 35.2 Å². The fourth-order valence-corrected chi connectivity index (χ4v) is 3.07. The second-order valence-corrected chi connectivity index (χ2v) is 7.47. The van der Waals surface area contributed by atoms with Gasteiger partial charge in [0.25, 0.3) is 0 Å². The first-order chi connectivity index (χ1) is 16.4. The van der Waals surface area contributed by atoms with E-state index in [9.17, 15) is 26.3 Å². The van der Waals surface area contributed by atoms with Gasteiger partial charge >= 0.3 is 12.4 Å². The molecule has 4 aromatic heterocycles. The maximum atomic E-state index is 13.2. The molecule has 0 spiro atoms. The molecule has 0 bridgehead atoms. The highest BCUT2D eigenvalue weighted by molar-refractivity contribution is 6.31. The molecule has 1 N–H and O–H groups in total. The molecule has 4 aromatic rings. The molecule has 0 saturated heterocycles. The Balaban J connectivity index is 1.85. The molecule has 7 nitrogen and oxygen atoms in total. The molecule has 4 rings (SSSR count). The van der Waals surface area contributed by atoms with Gasteiger partial charge in [0.1, 0.15) is 22.2 Å². The number of rotatable bonds is 4. The molecule has 0 aliphatic carbocycles. The molecule has 14 heteroatoms. The first-order valence-corrected chi connectivity index (χ1v) is 10.0. The highest BCUT2D eigenvalue weighted by Crippen LogP contribution is 2.32. The van der Waals surface area contributed by atoms with Crippen LogP contribution in [0.5, 0.6) is 0 Å². The van der Waals surface area contributed by atoms with Gasteiger partial charge in [-0.3, -0.25) is 4.98 Å². The fourth-order valence-electron chi connectivity index (χ4n) is 2.89. The Morgan fingerprint density at radius 1 is 0.800 bits per heavy atom. The van der Waals surface area contributed by atoms with Crippen molar-refractivity contribution in [2.24, 2.45) is 0 Å². The van der Waals surface area contributed by atoms with Crippen LogP contribution in [-0.4, -0.2) is 29.9 Å². The van der Waals surface area contributed by atoms with Gasteiger partial charge in [-0.1, -0.05) is 17.7 Å². The van der Waals surface area contributed by atoms with Crippen LogP contribution in [0.3, 0.4) is 0 Å². The Morgan fingerprint density at radius 3 is 2.23 bits per heavy atom. The number of alkyl halides is 6. The number of hydrogen-bond acceptors (Lipinski definition) is 7. The highest BCUT2D eigenvalue weighted by Gasteiger charge is 2.33. The summed E-state index contributed by atoms with van der Waals surface area (Å²) < 4.78 is 78.6. The summed E-state index contributed by atoms with van der Waals surface area (Å²) in [5.41, 5.74) is -1.74. The minimum atomic E-state index is -4.72. The third-order valence-corrected chi connectivity index (χ3v) is 4.73. The molecule has 0 unspecified atom stereocenters. The van der Waals surface area contributed by atoms with Gasteiger partial charge in [-0.05, 0) is 42.8 Å². The van der Waals surface area contributed by atoms with Crippen molar-refractivity contribution in [3.05, 3.63) is 70.9 Å². The van der Waals surface area contributed by atoms with E-state index in [1.807, 2.05) is 0 Å². The van der Waals surface area contributed by atoms with Crippen LogP contribution in [0.4, 0.5) is 38.0 Å². The van der Waals surface area contributed by atoms with Crippen molar-refractivity contribution >= 4 is 23.2 Å². The van der Waals surface area contributed by atoms with Crippen molar-refractivity contribution in [2.75, 3.05) is 5.32 Å². The number of aromatic nitrogens is 6. The van der Waals surface area contributed by atoms with E-state index < -0.39 is 23.7 Å². The molecule has 0 amide bonds. The van der Waals surface area contributed by atoms with Crippen LogP contribution in [0, 0.1) is 6.92 Å². The van der Waals surface area contributed by atoms with E-state index in [1.165, 1.54) is 18.3 Å². The van der Waals surface area contributed by atoms with Crippen LogP contribution in [0.1, 0.15) is 17.0 Å². The summed E-state index contributed by atoms with van der Waals surface area (Å²) in [4.78, 5) is 23.3. The number of aryl methyl sites for hydroxylation is 1. The summed E-state index contributed by atoms with van der Waals surface area (Å²) in [6, 6.07) is 6.71. The zero-order valence-electron chi connectivity index (χ0n) is 17.4. The van der Waals surface area contributed by atoms with Crippen LogP contribution < -0.4 is 5.32 Å². The van der Waals surface area contributed by atoms with E-state index in [0.717, 1.165) is 24.4 Å². The van der Waals surface area contributed by atoms with Gasteiger partial charge in [-0.25, -0.2) is 15.0 Å². The summed E-state index contributed by atoms with van der Waals surface area (Å²) in [5.74, 6) is -0.615. The molecule has 0 aliphatic heterocycles. The van der Waals surface area contributed by atoms with Gasteiger partial charge in [0.15, 0.2) is 11.6 Å². The average molecular weight is 512 g/mol. The van der Waals surface area contributed by atoms with Gasteiger partial charge < -0.3 is 5.32 Å². The van der Waals surface area contributed by atoms with Crippen molar-refractivity contribution in [3.63, 3.8) is 0 Å². The first-order valence-electron chi connectivity index (χ1n) is 9.63. The van der Waals surface area contributed by atoms with Crippen LogP contribution in [0.15, 0.2) is 48.8 Å². The van der Waals surface area contributed by atoms with E-state index >= 15 is 0 Å². The molecule has 35 heavy (non-hydrogen) atoms. The summed E-state index contributed by atoms with van der Waals surface area (Å²) in [6.07, 6.45) is -7.00. The summed E-state index contributed by atoms with van der Waals surface area (Å²) in [6.45, 7) is 1.72. The monoisotopic (exact) mass is 511 g/mol. The molecule has 4 heterocycles. The van der Waals surface area contributed by atoms with E-state index in [1.54, 1.807) is 13.0 Å². The highest BCUT2D eigenvalue weighted by atomic mass is 35.5. The number of hydrogen-bond donors (Lipinski definition) is 1. The molecule has 0 aliphatic rings. The molecule has 0 aromatic carbocycles. The second kappa shape index (κ2) is 9.06. The zero-order chi connectivity index (χ0) is 25.4. The van der Waals surface area contributed by atoms with Crippen molar-refractivity contribution < 1.29 is 26.3 Å². The largest absolute Gasteiger partial charge is 0.433 e. The lowest BCUT2D eigenvalue weighted by Gasteiger charge is -2.12.